The standard InChI is InChI=1S/C26H20N6O4/c1-15-28-25(31-36-15)16-5-7-18(8-6-16)35-22-13-21-20(29-26(30-21)19-4-2-3-11-27-19)12-17(22)14-32-23(33)9-10-24(32)34/h2-8,11-13H,9-10,14H2,1H3,(H,29,30). The Hall–Kier alpha value is -4.86. The van der Waals surface area contributed by atoms with Crippen molar-refractivity contribution in [3.8, 4) is 34.4 Å². The number of nitrogens with one attached hydrogen (secondary N) is 1. The van der Waals surface area contributed by atoms with Gasteiger partial charge in [-0.15, -0.1) is 0 Å². The van der Waals surface area contributed by atoms with Crippen molar-refractivity contribution in [2.45, 2.75) is 26.3 Å². The SMILES string of the molecule is Cc1nc(-c2ccc(Oc3cc4nc(-c5ccccn5)[nH]c4cc3CN3C(=O)CCC3=O)cc2)no1. The highest BCUT2D eigenvalue weighted by Gasteiger charge is 2.30. The zero-order valence-electron chi connectivity index (χ0n) is 19.3. The lowest BCUT2D eigenvalue weighted by Gasteiger charge is -2.17. The summed E-state index contributed by atoms with van der Waals surface area (Å²) in [7, 11) is 0. The van der Waals surface area contributed by atoms with Crippen molar-refractivity contribution in [1.82, 2.24) is 30.0 Å². The molecule has 0 atom stereocenters. The maximum atomic E-state index is 12.3. The minimum Gasteiger partial charge on any atom is -0.457 e. The Morgan fingerprint density at radius 2 is 1.83 bits per heavy atom. The third-order valence-corrected chi connectivity index (χ3v) is 5.92. The van der Waals surface area contributed by atoms with E-state index in [0.29, 0.717) is 45.8 Å². The number of carbonyl (C=O) groups excluding carboxylic acids is 2. The highest BCUT2D eigenvalue weighted by atomic mass is 16.5. The Bertz CT molecular complexity index is 1570. The minimum absolute atomic E-state index is 0.112. The number of aromatic nitrogens is 5. The first-order valence-corrected chi connectivity index (χ1v) is 11.4. The number of amides is 2. The number of likely N-dealkylation sites (tertiary alicyclic amines) is 1. The molecule has 1 saturated heterocycles. The van der Waals surface area contributed by atoms with Crippen LogP contribution in [0.2, 0.25) is 0 Å². The van der Waals surface area contributed by atoms with Crippen molar-refractivity contribution < 1.29 is 18.8 Å². The number of imide groups is 1. The molecule has 0 bridgehead atoms. The molecule has 1 N–H and O–H groups in total. The summed E-state index contributed by atoms with van der Waals surface area (Å²) < 4.78 is 11.3. The van der Waals surface area contributed by atoms with E-state index in [0.717, 1.165) is 11.1 Å². The van der Waals surface area contributed by atoms with E-state index in [1.165, 1.54) is 4.90 Å². The molecule has 1 aliphatic rings. The molecule has 3 aromatic heterocycles. The molecule has 178 valence electrons. The summed E-state index contributed by atoms with van der Waals surface area (Å²) in [5.41, 5.74) is 3.60. The molecule has 0 aliphatic carbocycles. The van der Waals surface area contributed by atoms with Gasteiger partial charge in [-0.1, -0.05) is 11.2 Å². The number of nitrogens with zero attached hydrogens (tertiary/aromatic N) is 5. The van der Waals surface area contributed by atoms with Gasteiger partial charge in [0, 0.05) is 43.2 Å². The molecular weight excluding hydrogens is 460 g/mol. The first-order chi connectivity index (χ1) is 17.5. The van der Waals surface area contributed by atoms with E-state index in [4.69, 9.17) is 9.26 Å². The van der Waals surface area contributed by atoms with Crippen LogP contribution in [-0.2, 0) is 16.1 Å². The molecular formula is C26H20N6O4. The van der Waals surface area contributed by atoms with Crippen molar-refractivity contribution in [2.75, 3.05) is 0 Å². The Morgan fingerprint density at radius 1 is 1.03 bits per heavy atom. The number of ether oxygens (including phenoxy) is 1. The van der Waals surface area contributed by atoms with Gasteiger partial charge in [-0.2, -0.15) is 4.98 Å². The van der Waals surface area contributed by atoms with Crippen molar-refractivity contribution >= 4 is 22.8 Å². The van der Waals surface area contributed by atoms with Crippen LogP contribution in [0.1, 0.15) is 24.3 Å². The highest BCUT2D eigenvalue weighted by molar-refractivity contribution is 6.02. The van der Waals surface area contributed by atoms with Gasteiger partial charge >= 0.3 is 0 Å². The molecule has 5 aromatic rings. The predicted octanol–water partition coefficient (Wildman–Crippen LogP) is 4.42. The summed E-state index contributed by atoms with van der Waals surface area (Å²) in [4.78, 5) is 42.4. The molecule has 0 unspecified atom stereocenters. The maximum absolute atomic E-state index is 12.3. The van der Waals surface area contributed by atoms with Crippen molar-refractivity contribution in [3.63, 3.8) is 0 Å². The van der Waals surface area contributed by atoms with Gasteiger partial charge in [0.1, 0.15) is 17.2 Å². The van der Waals surface area contributed by atoms with E-state index in [1.54, 1.807) is 31.3 Å². The summed E-state index contributed by atoms with van der Waals surface area (Å²) >= 11 is 0. The quantitative estimate of drug-likeness (QED) is 0.354. The van der Waals surface area contributed by atoms with Gasteiger partial charge < -0.3 is 14.2 Å². The van der Waals surface area contributed by atoms with Crippen LogP contribution in [0, 0.1) is 6.92 Å². The van der Waals surface area contributed by atoms with Crippen LogP contribution >= 0.6 is 0 Å². The Labute approximate surface area is 204 Å². The van der Waals surface area contributed by atoms with Gasteiger partial charge in [0.25, 0.3) is 0 Å². The van der Waals surface area contributed by atoms with Crippen LogP contribution in [-0.4, -0.2) is 41.8 Å². The number of hydrogen-bond acceptors (Lipinski definition) is 8. The number of carbonyl (C=O) groups is 2. The molecule has 2 aromatic carbocycles. The summed E-state index contributed by atoms with van der Waals surface area (Å²) in [5, 5.41) is 3.93. The van der Waals surface area contributed by atoms with Gasteiger partial charge in [-0.05, 0) is 42.5 Å². The first-order valence-electron chi connectivity index (χ1n) is 11.4. The molecule has 4 heterocycles. The lowest BCUT2D eigenvalue weighted by atomic mass is 10.1. The van der Waals surface area contributed by atoms with Crippen LogP contribution in [0.3, 0.4) is 0 Å². The fourth-order valence-corrected chi connectivity index (χ4v) is 4.11. The first kappa shape index (κ1) is 21.7. The molecule has 0 radical (unpaired) electrons. The second-order valence-electron chi connectivity index (χ2n) is 8.41. The molecule has 0 saturated carbocycles. The van der Waals surface area contributed by atoms with E-state index < -0.39 is 0 Å². The molecule has 10 heteroatoms. The van der Waals surface area contributed by atoms with Gasteiger partial charge in [-0.3, -0.25) is 19.5 Å². The predicted molar refractivity (Wildman–Crippen MR) is 129 cm³/mol. The lowest BCUT2D eigenvalue weighted by molar-refractivity contribution is -0.139. The maximum Gasteiger partial charge on any atom is 0.230 e. The molecule has 2 amide bonds. The van der Waals surface area contributed by atoms with Gasteiger partial charge in [0.05, 0.1) is 17.6 Å². The monoisotopic (exact) mass is 480 g/mol. The zero-order chi connectivity index (χ0) is 24.6. The van der Waals surface area contributed by atoms with Crippen molar-refractivity contribution in [3.05, 3.63) is 72.2 Å². The molecule has 36 heavy (non-hydrogen) atoms. The number of hydrogen-bond donors (Lipinski definition) is 1. The molecule has 1 fully saturated rings. The topological polar surface area (TPSA) is 127 Å². The van der Waals surface area contributed by atoms with E-state index in [9.17, 15) is 9.59 Å². The summed E-state index contributed by atoms with van der Waals surface area (Å²) in [5.74, 6) is 2.27. The van der Waals surface area contributed by atoms with Crippen LogP contribution in [0.4, 0.5) is 0 Å². The Morgan fingerprint density at radius 3 is 2.53 bits per heavy atom. The third kappa shape index (κ3) is 4.09. The number of benzene rings is 2. The van der Waals surface area contributed by atoms with E-state index in [1.807, 2.05) is 36.4 Å². The third-order valence-electron chi connectivity index (χ3n) is 5.92. The Kier molecular flexibility index (Phi) is 5.25. The van der Waals surface area contributed by atoms with Crippen LogP contribution in [0.5, 0.6) is 11.5 Å². The Balaban J connectivity index is 1.37. The molecule has 10 nitrogen and oxygen atoms in total. The van der Waals surface area contributed by atoms with Gasteiger partial charge in [0.2, 0.25) is 23.5 Å². The smallest absolute Gasteiger partial charge is 0.230 e. The number of fused-ring (bicyclic) bond motifs is 1. The van der Waals surface area contributed by atoms with Crippen LogP contribution in [0.25, 0.3) is 33.9 Å². The van der Waals surface area contributed by atoms with E-state index in [2.05, 4.69) is 25.1 Å². The minimum atomic E-state index is -0.190. The number of pyridine rings is 1. The number of imidazole rings is 1. The zero-order valence-corrected chi connectivity index (χ0v) is 19.3. The second-order valence-corrected chi connectivity index (χ2v) is 8.41. The van der Waals surface area contributed by atoms with Crippen molar-refractivity contribution in [2.24, 2.45) is 0 Å². The summed E-state index contributed by atoms with van der Waals surface area (Å²) in [6.45, 7) is 1.84. The van der Waals surface area contributed by atoms with Crippen molar-refractivity contribution in [1.29, 1.82) is 0 Å². The second kappa shape index (κ2) is 8.73. The fraction of sp³-hybridized carbons (Fsp3) is 0.154. The summed E-state index contributed by atoms with van der Waals surface area (Å²) in [6.07, 6.45) is 2.15. The lowest BCUT2D eigenvalue weighted by Crippen LogP contribution is -2.28. The molecule has 1 aliphatic heterocycles. The van der Waals surface area contributed by atoms with E-state index >= 15 is 0 Å². The largest absolute Gasteiger partial charge is 0.457 e. The molecule has 6 rings (SSSR count). The van der Waals surface area contributed by atoms with Crippen LogP contribution in [0.15, 0.2) is 65.3 Å². The van der Waals surface area contributed by atoms with E-state index in [-0.39, 0.29) is 31.2 Å². The summed E-state index contributed by atoms with van der Waals surface area (Å²) in [6, 6.07) is 16.5. The van der Waals surface area contributed by atoms with Gasteiger partial charge in [0.15, 0.2) is 5.82 Å². The van der Waals surface area contributed by atoms with Gasteiger partial charge in [-0.25, -0.2) is 4.98 Å². The number of aromatic amines is 1. The van der Waals surface area contributed by atoms with Crippen LogP contribution < -0.4 is 4.74 Å². The number of rotatable bonds is 6. The molecule has 0 spiro atoms. The highest BCUT2D eigenvalue weighted by Crippen LogP contribution is 2.33. The number of aryl methyl sites for hydroxylation is 1. The average molecular weight is 480 g/mol. The average Bonchev–Trinajstić information content (AvgIpc) is 3.60. The number of H-pyrrole nitrogens is 1. The fourth-order valence-electron chi connectivity index (χ4n) is 4.11. The normalized spacial score (nSPS) is 13.6.